The van der Waals surface area contributed by atoms with E-state index in [1.54, 1.807) is 0 Å². The lowest BCUT2D eigenvalue weighted by Crippen LogP contribution is -2.43. The third-order valence-corrected chi connectivity index (χ3v) is 4.68. The highest BCUT2D eigenvalue weighted by Gasteiger charge is 2.44. The molecule has 2 rings (SSSR count). The van der Waals surface area contributed by atoms with E-state index in [1.807, 2.05) is 0 Å². The van der Waals surface area contributed by atoms with Gasteiger partial charge in [0.1, 0.15) is 0 Å². The minimum atomic E-state index is 0.813. The van der Waals surface area contributed by atoms with E-state index in [1.165, 1.54) is 51.5 Å². The maximum absolute atomic E-state index is 3.31. The molecule has 0 aliphatic heterocycles. The number of nitrogens with one attached hydrogen (secondary N) is 1. The van der Waals surface area contributed by atoms with Crippen LogP contribution < -0.4 is 5.32 Å². The third-order valence-electron chi connectivity index (χ3n) is 4.68. The molecule has 1 heteroatoms. The second kappa shape index (κ2) is 4.22. The topological polar surface area (TPSA) is 12.0 Å². The van der Waals surface area contributed by atoms with Gasteiger partial charge in [0.15, 0.2) is 0 Å². The minimum Gasteiger partial charge on any atom is -0.319 e. The molecule has 2 aliphatic rings. The molecule has 0 heterocycles. The fourth-order valence-corrected chi connectivity index (χ4v) is 3.70. The highest BCUT2D eigenvalue weighted by atomic mass is 14.8. The van der Waals surface area contributed by atoms with Gasteiger partial charge in [0.05, 0.1) is 0 Å². The van der Waals surface area contributed by atoms with E-state index in [2.05, 4.69) is 19.3 Å². The summed E-state index contributed by atoms with van der Waals surface area (Å²) in [6, 6.07) is 0. The molecule has 0 saturated heterocycles. The zero-order chi connectivity index (χ0) is 10.0. The first-order valence-electron chi connectivity index (χ1n) is 6.42. The van der Waals surface area contributed by atoms with E-state index in [-0.39, 0.29) is 0 Å². The van der Waals surface area contributed by atoms with Crippen LogP contribution in [-0.2, 0) is 0 Å². The van der Waals surface area contributed by atoms with Crippen LogP contribution in [0.1, 0.15) is 51.9 Å². The smallest absolute Gasteiger partial charge is 0.00231 e. The lowest BCUT2D eigenvalue weighted by Gasteiger charge is -2.52. The van der Waals surface area contributed by atoms with Gasteiger partial charge < -0.3 is 5.32 Å². The Bertz CT molecular complexity index is 164. The zero-order valence-electron chi connectivity index (χ0n) is 9.81. The maximum atomic E-state index is 3.31. The van der Waals surface area contributed by atoms with Gasteiger partial charge >= 0.3 is 0 Å². The second-order valence-corrected chi connectivity index (χ2v) is 5.68. The molecule has 0 atom stereocenters. The average molecular weight is 195 g/mol. The van der Waals surface area contributed by atoms with Crippen LogP contribution in [0, 0.1) is 17.3 Å². The molecule has 0 aromatic heterocycles. The van der Waals surface area contributed by atoms with Crippen LogP contribution in [0.3, 0.4) is 0 Å². The van der Waals surface area contributed by atoms with E-state index in [4.69, 9.17) is 0 Å². The molecule has 0 amide bonds. The summed E-state index contributed by atoms with van der Waals surface area (Å²) in [7, 11) is 2.08. The summed E-state index contributed by atoms with van der Waals surface area (Å²) in [6.45, 7) is 3.60. The Kier molecular flexibility index (Phi) is 3.16. The first kappa shape index (κ1) is 10.5. The molecule has 2 aliphatic carbocycles. The predicted molar refractivity (Wildman–Crippen MR) is 61.3 cm³/mol. The van der Waals surface area contributed by atoms with Gasteiger partial charge in [-0.15, -0.1) is 0 Å². The second-order valence-electron chi connectivity index (χ2n) is 5.68. The summed E-state index contributed by atoms with van der Waals surface area (Å²) in [6.07, 6.45) is 10.5. The van der Waals surface area contributed by atoms with Gasteiger partial charge in [0.25, 0.3) is 0 Å². The van der Waals surface area contributed by atoms with Gasteiger partial charge in [-0.25, -0.2) is 0 Å². The molecule has 82 valence electrons. The normalized spacial score (nSPS) is 42.4. The Morgan fingerprint density at radius 3 is 2.29 bits per heavy atom. The third kappa shape index (κ3) is 1.98. The molecule has 1 nitrogen and oxygen atoms in total. The van der Waals surface area contributed by atoms with Crippen molar-refractivity contribution in [2.45, 2.75) is 51.9 Å². The van der Waals surface area contributed by atoms with Gasteiger partial charge in [-0.1, -0.05) is 13.3 Å². The van der Waals surface area contributed by atoms with Crippen molar-refractivity contribution in [3.8, 4) is 0 Å². The number of hydrogen-bond donors (Lipinski definition) is 1. The SMILES string of the molecule is CCC1CCC2(CC1)CC(CNC)C2. The average Bonchev–Trinajstić information content (AvgIpc) is 2.17. The molecule has 14 heavy (non-hydrogen) atoms. The summed E-state index contributed by atoms with van der Waals surface area (Å²) < 4.78 is 0. The van der Waals surface area contributed by atoms with Crippen LogP contribution >= 0.6 is 0 Å². The fraction of sp³-hybridized carbons (Fsp3) is 1.00. The lowest BCUT2D eigenvalue weighted by atomic mass is 9.54. The van der Waals surface area contributed by atoms with Crippen LogP contribution in [0.4, 0.5) is 0 Å². The van der Waals surface area contributed by atoms with Crippen molar-refractivity contribution in [2.24, 2.45) is 17.3 Å². The maximum Gasteiger partial charge on any atom is -0.00231 e. The molecule has 2 fully saturated rings. The molecule has 0 aromatic carbocycles. The Hall–Kier alpha value is -0.0400. The quantitative estimate of drug-likeness (QED) is 0.729. The highest BCUT2D eigenvalue weighted by Crippen LogP contribution is 2.55. The van der Waals surface area contributed by atoms with Crippen molar-refractivity contribution in [3.63, 3.8) is 0 Å². The molecular weight excluding hydrogens is 170 g/mol. The fourth-order valence-electron chi connectivity index (χ4n) is 3.70. The Labute approximate surface area is 88.7 Å². The Morgan fingerprint density at radius 1 is 1.14 bits per heavy atom. The highest BCUT2D eigenvalue weighted by molar-refractivity contribution is 4.96. The van der Waals surface area contributed by atoms with Crippen LogP contribution in [0.2, 0.25) is 0 Å². The van der Waals surface area contributed by atoms with Gasteiger partial charge in [-0.05, 0) is 69.4 Å². The monoisotopic (exact) mass is 195 g/mol. The van der Waals surface area contributed by atoms with E-state index in [0.29, 0.717) is 0 Å². The van der Waals surface area contributed by atoms with Crippen LogP contribution in [0.15, 0.2) is 0 Å². The summed E-state index contributed by atoms with van der Waals surface area (Å²) >= 11 is 0. The first-order chi connectivity index (χ1) is 6.78. The van der Waals surface area contributed by atoms with E-state index < -0.39 is 0 Å². The largest absolute Gasteiger partial charge is 0.319 e. The van der Waals surface area contributed by atoms with Crippen molar-refractivity contribution >= 4 is 0 Å². The van der Waals surface area contributed by atoms with Crippen molar-refractivity contribution < 1.29 is 0 Å². The Balaban J connectivity index is 1.74. The van der Waals surface area contributed by atoms with E-state index in [0.717, 1.165) is 17.3 Å². The standard InChI is InChI=1S/C13H25N/c1-3-11-4-6-13(7-5-11)8-12(9-13)10-14-2/h11-12,14H,3-10H2,1-2H3. The summed E-state index contributed by atoms with van der Waals surface area (Å²) in [5.74, 6) is 2.06. The Morgan fingerprint density at radius 2 is 1.79 bits per heavy atom. The zero-order valence-corrected chi connectivity index (χ0v) is 9.81. The minimum absolute atomic E-state index is 0.813. The summed E-state index contributed by atoms with van der Waals surface area (Å²) in [4.78, 5) is 0. The molecule has 0 bridgehead atoms. The van der Waals surface area contributed by atoms with Crippen LogP contribution in [-0.4, -0.2) is 13.6 Å². The van der Waals surface area contributed by atoms with E-state index in [9.17, 15) is 0 Å². The molecule has 2 saturated carbocycles. The van der Waals surface area contributed by atoms with Crippen LogP contribution in [0.25, 0.3) is 0 Å². The van der Waals surface area contributed by atoms with Crippen molar-refractivity contribution in [1.82, 2.24) is 5.32 Å². The number of hydrogen-bond acceptors (Lipinski definition) is 1. The number of rotatable bonds is 3. The van der Waals surface area contributed by atoms with Gasteiger partial charge in [-0.3, -0.25) is 0 Å². The molecule has 0 unspecified atom stereocenters. The van der Waals surface area contributed by atoms with Crippen molar-refractivity contribution in [1.29, 1.82) is 0 Å². The lowest BCUT2D eigenvalue weighted by molar-refractivity contribution is 0.00113. The molecule has 0 aromatic rings. The predicted octanol–water partition coefficient (Wildman–Crippen LogP) is 3.20. The molecular formula is C13H25N. The van der Waals surface area contributed by atoms with Gasteiger partial charge in [0.2, 0.25) is 0 Å². The summed E-state index contributed by atoms with van der Waals surface area (Å²) in [5, 5.41) is 3.31. The van der Waals surface area contributed by atoms with Crippen LogP contribution in [0.5, 0.6) is 0 Å². The molecule has 1 N–H and O–H groups in total. The van der Waals surface area contributed by atoms with Gasteiger partial charge in [0, 0.05) is 0 Å². The summed E-state index contributed by atoms with van der Waals surface area (Å²) in [5.41, 5.74) is 0.813. The van der Waals surface area contributed by atoms with Gasteiger partial charge in [-0.2, -0.15) is 0 Å². The van der Waals surface area contributed by atoms with E-state index >= 15 is 0 Å². The molecule has 1 spiro atoms. The van der Waals surface area contributed by atoms with Crippen molar-refractivity contribution in [2.75, 3.05) is 13.6 Å². The van der Waals surface area contributed by atoms with Crippen molar-refractivity contribution in [3.05, 3.63) is 0 Å². The first-order valence-corrected chi connectivity index (χ1v) is 6.42. The molecule has 0 radical (unpaired) electrons.